The summed E-state index contributed by atoms with van der Waals surface area (Å²) < 4.78 is 14.2. The lowest BCUT2D eigenvalue weighted by molar-refractivity contribution is 0.668. The quantitative estimate of drug-likeness (QED) is 0.118. The minimum atomic E-state index is -1.52. The highest BCUT2D eigenvalue weighted by atomic mass is 32.3. The van der Waals surface area contributed by atoms with Gasteiger partial charge in [-0.25, -0.2) is 0 Å². The summed E-state index contributed by atoms with van der Waals surface area (Å²) in [5, 5.41) is 5.73. The van der Waals surface area contributed by atoms with Crippen molar-refractivity contribution in [3.05, 3.63) is 194 Å². The summed E-state index contributed by atoms with van der Waals surface area (Å²) >= 11 is 0. The van der Waals surface area contributed by atoms with Gasteiger partial charge in [-0.15, -0.1) is 0 Å². The van der Waals surface area contributed by atoms with Crippen molar-refractivity contribution in [3.63, 3.8) is 0 Å². The zero-order chi connectivity index (χ0) is 41.5. The Morgan fingerprint density at radius 1 is 0.548 bits per heavy atom. The van der Waals surface area contributed by atoms with Gasteiger partial charge in [0.2, 0.25) is 0 Å². The Morgan fingerprint density at radius 2 is 1.11 bits per heavy atom. The Morgan fingerprint density at radius 3 is 1.79 bits per heavy atom. The van der Waals surface area contributed by atoms with Gasteiger partial charge in [0, 0.05) is 68.5 Å². The molecular formula is C58H42O2S2. The number of hydrogen-bond donors (Lipinski definition) is 0. The Labute approximate surface area is 364 Å². The first kappa shape index (κ1) is 36.0. The topological polar surface area (TPSA) is 26.3 Å². The van der Waals surface area contributed by atoms with E-state index in [4.69, 9.17) is 8.83 Å². The van der Waals surface area contributed by atoms with E-state index in [1.165, 1.54) is 59.7 Å². The fourth-order valence-electron chi connectivity index (χ4n) is 11.3. The van der Waals surface area contributed by atoms with Crippen molar-refractivity contribution in [2.75, 3.05) is 17.1 Å². The number of para-hydroxylation sites is 2. The smallest absolute Gasteiger partial charge is 0.144 e. The second-order valence-corrected chi connectivity index (χ2v) is 24.1. The van der Waals surface area contributed by atoms with Gasteiger partial charge in [-0.3, -0.25) is 0 Å². The van der Waals surface area contributed by atoms with Gasteiger partial charge in [0.25, 0.3) is 0 Å². The number of rotatable bonds is 7. The molecule has 0 radical (unpaired) electrons. The molecule has 3 aliphatic rings. The van der Waals surface area contributed by atoms with Gasteiger partial charge in [0.05, 0.1) is 0 Å². The summed E-state index contributed by atoms with van der Waals surface area (Å²) in [4.78, 5) is 6.04. The van der Waals surface area contributed by atoms with Gasteiger partial charge in [-0.05, 0) is 80.8 Å². The fraction of sp³-hybridized carbons (Fsp3) is 0.0690. The number of fused-ring (bicyclic) bond motifs is 14. The number of benzene rings is 8. The van der Waals surface area contributed by atoms with Crippen LogP contribution in [0.25, 0.3) is 99.5 Å². The molecule has 0 aliphatic carbocycles. The molecule has 298 valence electrons. The average molecular weight is 835 g/mol. The molecule has 2 aromatic heterocycles. The Balaban J connectivity index is 1.12. The number of allylic oxidation sites excluding steroid dienone is 4. The molecule has 3 aliphatic heterocycles. The van der Waals surface area contributed by atoms with Crippen molar-refractivity contribution < 1.29 is 8.83 Å². The maximum atomic E-state index is 7.10. The van der Waals surface area contributed by atoms with Crippen LogP contribution in [0.5, 0.6) is 0 Å². The van der Waals surface area contributed by atoms with Crippen LogP contribution in [0, 0.1) is 0 Å². The predicted molar refractivity (Wildman–Crippen MR) is 266 cm³/mol. The zero-order valence-electron chi connectivity index (χ0n) is 34.6. The first-order valence-corrected chi connectivity index (χ1v) is 25.6. The molecule has 0 saturated carbocycles. The van der Waals surface area contributed by atoms with E-state index >= 15 is 0 Å². The van der Waals surface area contributed by atoms with Crippen molar-refractivity contribution in [1.82, 2.24) is 0 Å². The van der Waals surface area contributed by atoms with Crippen LogP contribution in [0.1, 0.15) is 18.1 Å². The van der Waals surface area contributed by atoms with E-state index in [0.717, 1.165) is 71.6 Å². The van der Waals surface area contributed by atoms with Gasteiger partial charge < -0.3 is 8.83 Å². The van der Waals surface area contributed by atoms with E-state index in [9.17, 15) is 0 Å². The number of hydrogen-bond acceptors (Lipinski definition) is 2. The third kappa shape index (κ3) is 4.48. The van der Waals surface area contributed by atoms with Gasteiger partial charge in [0.15, 0.2) is 0 Å². The van der Waals surface area contributed by atoms with E-state index < -0.39 is 20.1 Å². The molecular weight excluding hydrogens is 793 g/mol. The fourth-order valence-corrected chi connectivity index (χ4v) is 23.5. The standard InChI is InChI=1S/C58H42O2S2/c1-5-37(35-20-10-8-11-21-35)38(6-2)45-33-50-54(56-51(45)41-26-16-18-28-47(41)60-56)44-31-30-43-53-49(61(4)34-62(50,7-3)58(44)57(43)61)32-46(52-42-27-17-19-29-48(42)59-55(52)53)40-25-15-14-24-39(40)36-22-12-9-13-23-36/h5-6,8-33H,1-2,7,34H2,3-4H3/b38-37-. The highest BCUT2D eigenvalue weighted by Crippen LogP contribution is 2.91. The summed E-state index contributed by atoms with van der Waals surface area (Å²) in [5.74, 6) is 1.06. The first-order chi connectivity index (χ1) is 30.5. The van der Waals surface area contributed by atoms with Crippen molar-refractivity contribution in [3.8, 4) is 44.5 Å². The minimum absolute atomic E-state index is 0.905. The van der Waals surface area contributed by atoms with E-state index in [-0.39, 0.29) is 0 Å². The van der Waals surface area contributed by atoms with Crippen LogP contribution in [-0.4, -0.2) is 17.1 Å². The highest BCUT2D eigenvalue weighted by Gasteiger charge is 2.56. The maximum Gasteiger partial charge on any atom is 0.144 e. The third-order valence-corrected chi connectivity index (χ3v) is 23.5. The van der Waals surface area contributed by atoms with Crippen molar-refractivity contribution in [2.45, 2.75) is 26.5 Å². The van der Waals surface area contributed by atoms with Gasteiger partial charge in [-0.2, -0.15) is 20.1 Å². The summed E-state index contributed by atoms with van der Waals surface area (Å²) in [5.41, 5.74) is 18.5. The maximum absolute atomic E-state index is 7.10. The Bertz CT molecular complexity index is 3640. The van der Waals surface area contributed by atoms with E-state index in [1.54, 1.807) is 9.79 Å². The van der Waals surface area contributed by atoms with E-state index in [0.29, 0.717) is 0 Å². The molecule has 4 heteroatoms. The zero-order valence-corrected chi connectivity index (χ0v) is 36.3. The molecule has 2 unspecified atom stereocenters. The van der Waals surface area contributed by atoms with Crippen LogP contribution in [0.15, 0.2) is 211 Å². The predicted octanol–water partition coefficient (Wildman–Crippen LogP) is 17.1. The molecule has 10 aromatic rings. The normalized spacial score (nSPS) is 20.4. The first-order valence-electron chi connectivity index (χ1n) is 21.4. The van der Waals surface area contributed by atoms with Crippen molar-refractivity contribution in [2.24, 2.45) is 0 Å². The lowest BCUT2D eigenvalue weighted by Crippen LogP contribution is -2.07. The summed E-state index contributed by atoms with van der Waals surface area (Å²) in [7, 11) is -3.04. The summed E-state index contributed by atoms with van der Waals surface area (Å²) in [6.07, 6.45) is 6.64. The lowest BCUT2D eigenvalue weighted by atomic mass is 9.89. The summed E-state index contributed by atoms with van der Waals surface area (Å²) in [6.45, 7) is 11.2. The second-order valence-electron chi connectivity index (χ2n) is 16.9. The molecule has 0 N–H and O–H groups in total. The van der Waals surface area contributed by atoms with Crippen LogP contribution in [0.3, 0.4) is 0 Å². The molecule has 13 rings (SSSR count). The molecule has 5 heterocycles. The molecule has 0 bridgehead atoms. The monoisotopic (exact) mass is 834 g/mol. The SMILES string of the molecule is C=C/C(=C(\C=C)c1cc2c(c3oc4ccccc4c13)-c1ccc3c4c1S2(CC)CS4(C)c1cc(-c2ccccc2-c2ccccc2)c2c(oc4ccccc42)c1-3)c1ccccc1. The van der Waals surface area contributed by atoms with Crippen LogP contribution >= 0.6 is 20.1 Å². The molecule has 0 amide bonds. The Kier molecular flexibility index (Phi) is 7.49. The van der Waals surface area contributed by atoms with Crippen LogP contribution < -0.4 is 0 Å². The molecule has 62 heavy (non-hydrogen) atoms. The average Bonchev–Trinajstić information content (AvgIpc) is 4.09. The van der Waals surface area contributed by atoms with Gasteiger partial charge in [0.1, 0.15) is 22.3 Å². The number of furan rings is 2. The van der Waals surface area contributed by atoms with E-state index in [2.05, 4.69) is 184 Å². The van der Waals surface area contributed by atoms with Crippen molar-refractivity contribution in [1.29, 1.82) is 0 Å². The van der Waals surface area contributed by atoms with Crippen LogP contribution in [-0.2, 0) is 0 Å². The second kappa shape index (κ2) is 12.9. The molecule has 8 aromatic carbocycles. The molecule has 2 atom stereocenters. The van der Waals surface area contributed by atoms with Gasteiger partial charge in [-0.1, -0.05) is 166 Å². The van der Waals surface area contributed by atoms with Gasteiger partial charge >= 0.3 is 0 Å². The van der Waals surface area contributed by atoms with E-state index in [1.807, 2.05) is 12.2 Å². The van der Waals surface area contributed by atoms with Crippen LogP contribution in [0.2, 0.25) is 0 Å². The molecule has 2 nitrogen and oxygen atoms in total. The molecule has 0 fully saturated rings. The third-order valence-electron chi connectivity index (χ3n) is 13.9. The molecule has 0 spiro atoms. The molecule has 0 saturated heterocycles. The van der Waals surface area contributed by atoms with Crippen molar-refractivity contribution >= 4 is 75.1 Å². The summed E-state index contributed by atoms with van der Waals surface area (Å²) in [6, 6.07) is 57.5. The minimum Gasteiger partial charge on any atom is -0.455 e. The Hall–Kier alpha value is -6.72. The highest BCUT2D eigenvalue weighted by molar-refractivity contribution is 8.51. The lowest BCUT2D eigenvalue weighted by Gasteiger charge is -2.39. The largest absolute Gasteiger partial charge is 0.455 e. The van der Waals surface area contributed by atoms with Crippen LogP contribution in [0.4, 0.5) is 0 Å².